The van der Waals surface area contributed by atoms with Crippen LogP contribution in [0.15, 0.2) is 36.5 Å². The van der Waals surface area contributed by atoms with Gasteiger partial charge in [0.25, 0.3) is 5.91 Å². The Morgan fingerprint density at radius 2 is 1.87 bits per heavy atom. The SMILES string of the molecule is CCOCCOCCOc1nccc2cc(Nc3nc(NC4CCCCC4N)c(F)cc3C(N)=O)ccc12. The summed E-state index contributed by atoms with van der Waals surface area (Å²) in [5, 5.41) is 7.90. The summed E-state index contributed by atoms with van der Waals surface area (Å²) in [7, 11) is 0. The molecule has 204 valence electrons. The third kappa shape index (κ3) is 7.06. The fraction of sp³-hybridized carbons (Fsp3) is 0.444. The lowest BCUT2D eigenvalue weighted by molar-refractivity contribution is 0.0401. The maximum absolute atomic E-state index is 14.8. The number of hydrogen-bond donors (Lipinski definition) is 4. The lowest BCUT2D eigenvalue weighted by atomic mass is 9.91. The molecule has 10 nitrogen and oxygen atoms in total. The van der Waals surface area contributed by atoms with Gasteiger partial charge in [0.15, 0.2) is 11.6 Å². The first-order chi connectivity index (χ1) is 18.5. The van der Waals surface area contributed by atoms with Crippen LogP contribution >= 0.6 is 0 Å². The van der Waals surface area contributed by atoms with Crippen LogP contribution in [0, 0.1) is 5.82 Å². The Kier molecular flexibility index (Phi) is 9.63. The number of anilines is 3. The Bertz CT molecular complexity index is 1240. The van der Waals surface area contributed by atoms with Crippen molar-refractivity contribution in [3.63, 3.8) is 0 Å². The molecule has 2 aromatic heterocycles. The minimum Gasteiger partial charge on any atom is -0.475 e. The molecule has 4 rings (SSSR count). The highest BCUT2D eigenvalue weighted by atomic mass is 19.1. The van der Waals surface area contributed by atoms with Crippen molar-refractivity contribution in [1.29, 1.82) is 0 Å². The number of carbonyl (C=O) groups is 1. The summed E-state index contributed by atoms with van der Waals surface area (Å²) >= 11 is 0. The number of hydrogen-bond acceptors (Lipinski definition) is 9. The average Bonchev–Trinajstić information content (AvgIpc) is 2.91. The highest BCUT2D eigenvalue weighted by Gasteiger charge is 2.24. The van der Waals surface area contributed by atoms with Gasteiger partial charge in [0.2, 0.25) is 5.88 Å². The Hall–Kier alpha value is -3.54. The zero-order valence-corrected chi connectivity index (χ0v) is 21.5. The smallest absolute Gasteiger partial charge is 0.252 e. The van der Waals surface area contributed by atoms with Crippen LogP contribution in [0.25, 0.3) is 10.8 Å². The maximum atomic E-state index is 14.8. The van der Waals surface area contributed by atoms with E-state index in [9.17, 15) is 9.18 Å². The molecule has 1 saturated carbocycles. The number of primary amides is 1. The maximum Gasteiger partial charge on any atom is 0.252 e. The monoisotopic (exact) mass is 526 g/mol. The fourth-order valence-corrected chi connectivity index (χ4v) is 4.43. The molecular formula is C27H35FN6O4. The van der Waals surface area contributed by atoms with Crippen molar-refractivity contribution in [1.82, 2.24) is 9.97 Å². The molecule has 1 aliphatic carbocycles. The number of rotatable bonds is 13. The van der Waals surface area contributed by atoms with Crippen LogP contribution in [0.5, 0.6) is 5.88 Å². The van der Waals surface area contributed by atoms with Crippen LogP contribution < -0.4 is 26.8 Å². The fourth-order valence-electron chi connectivity index (χ4n) is 4.43. The zero-order valence-electron chi connectivity index (χ0n) is 21.5. The lowest BCUT2D eigenvalue weighted by Gasteiger charge is -2.30. The number of carbonyl (C=O) groups excluding carboxylic acids is 1. The molecule has 2 unspecified atom stereocenters. The molecule has 3 aromatic rings. The number of benzene rings is 1. The molecule has 0 saturated heterocycles. The standard InChI is InChI=1S/C27H35FN6O4/c1-2-36-11-12-37-13-14-38-27-19-8-7-18(15-17(19)9-10-31-27)32-25-20(24(30)35)16-21(28)26(34-25)33-23-6-4-3-5-22(23)29/h7-10,15-16,22-23H,2-6,11-14,29H2,1H3,(H2,30,35)(H2,32,33,34). The highest BCUT2D eigenvalue weighted by Crippen LogP contribution is 2.30. The Balaban J connectivity index is 1.49. The first-order valence-electron chi connectivity index (χ1n) is 12.9. The van der Waals surface area contributed by atoms with Crippen molar-refractivity contribution in [3.8, 4) is 5.88 Å². The number of nitrogens with one attached hydrogen (secondary N) is 2. The molecule has 0 spiro atoms. The first kappa shape index (κ1) is 27.5. The number of nitrogens with zero attached hydrogens (tertiary/aromatic N) is 2. The van der Waals surface area contributed by atoms with Gasteiger partial charge in [0, 0.05) is 36.0 Å². The molecule has 2 atom stereocenters. The normalized spacial score (nSPS) is 17.3. The van der Waals surface area contributed by atoms with Gasteiger partial charge in [-0.1, -0.05) is 12.8 Å². The molecule has 38 heavy (non-hydrogen) atoms. The number of aromatic nitrogens is 2. The van der Waals surface area contributed by atoms with Crippen LogP contribution in [0.3, 0.4) is 0 Å². The van der Waals surface area contributed by atoms with Gasteiger partial charge in [-0.25, -0.2) is 14.4 Å². The van der Waals surface area contributed by atoms with Gasteiger partial charge < -0.3 is 36.3 Å². The molecule has 1 fully saturated rings. The van der Waals surface area contributed by atoms with Crippen LogP contribution in [-0.2, 0) is 9.47 Å². The predicted molar refractivity (Wildman–Crippen MR) is 144 cm³/mol. The molecule has 6 N–H and O–H groups in total. The van der Waals surface area contributed by atoms with E-state index in [1.54, 1.807) is 12.3 Å². The van der Waals surface area contributed by atoms with E-state index in [-0.39, 0.29) is 29.3 Å². The molecule has 1 amide bonds. The topological polar surface area (TPSA) is 147 Å². The molecule has 11 heteroatoms. The lowest BCUT2D eigenvalue weighted by Crippen LogP contribution is -2.43. The van der Waals surface area contributed by atoms with E-state index in [1.165, 1.54) is 0 Å². The van der Waals surface area contributed by atoms with E-state index in [1.807, 2.05) is 25.1 Å². The van der Waals surface area contributed by atoms with Gasteiger partial charge in [-0.2, -0.15) is 0 Å². The van der Waals surface area contributed by atoms with E-state index in [2.05, 4.69) is 20.6 Å². The molecule has 1 aliphatic rings. The average molecular weight is 527 g/mol. The Labute approximate surface area is 221 Å². The number of amides is 1. The second-order valence-electron chi connectivity index (χ2n) is 9.11. The van der Waals surface area contributed by atoms with Crippen molar-refractivity contribution < 1.29 is 23.4 Å². The van der Waals surface area contributed by atoms with Crippen molar-refractivity contribution in [2.45, 2.75) is 44.7 Å². The number of ether oxygens (including phenoxy) is 3. The summed E-state index contributed by atoms with van der Waals surface area (Å²) in [6.45, 7) is 4.41. The minimum absolute atomic E-state index is 0.0315. The minimum atomic E-state index is -0.788. The molecule has 1 aromatic carbocycles. The van der Waals surface area contributed by atoms with Gasteiger partial charge in [0.1, 0.15) is 12.4 Å². The predicted octanol–water partition coefficient (Wildman–Crippen LogP) is 3.73. The summed E-state index contributed by atoms with van der Waals surface area (Å²) < 4.78 is 31.4. The van der Waals surface area contributed by atoms with E-state index >= 15 is 0 Å². The summed E-state index contributed by atoms with van der Waals surface area (Å²) in [5.74, 6) is -0.779. The number of nitrogens with two attached hydrogens (primary N) is 2. The van der Waals surface area contributed by atoms with Crippen molar-refractivity contribution >= 4 is 34.0 Å². The zero-order chi connectivity index (χ0) is 26.9. The Morgan fingerprint density at radius 3 is 2.66 bits per heavy atom. The highest BCUT2D eigenvalue weighted by molar-refractivity contribution is 5.99. The van der Waals surface area contributed by atoms with Crippen molar-refractivity contribution in [3.05, 3.63) is 47.9 Å². The summed E-state index contributed by atoms with van der Waals surface area (Å²) in [6, 6.07) is 8.27. The second kappa shape index (κ2) is 13.3. The van der Waals surface area contributed by atoms with E-state index in [4.69, 9.17) is 25.7 Å². The number of fused-ring (bicyclic) bond motifs is 1. The number of pyridine rings is 2. The van der Waals surface area contributed by atoms with Crippen LogP contribution in [0.1, 0.15) is 43.0 Å². The summed E-state index contributed by atoms with van der Waals surface area (Å²) in [4.78, 5) is 20.8. The largest absolute Gasteiger partial charge is 0.475 e. The quantitative estimate of drug-likeness (QED) is 0.245. The third-order valence-corrected chi connectivity index (χ3v) is 6.42. The first-order valence-corrected chi connectivity index (χ1v) is 12.9. The molecular weight excluding hydrogens is 491 g/mol. The van der Waals surface area contributed by atoms with E-state index < -0.39 is 11.7 Å². The second-order valence-corrected chi connectivity index (χ2v) is 9.11. The van der Waals surface area contributed by atoms with Gasteiger partial charge in [-0.05, 0) is 55.5 Å². The summed E-state index contributed by atoms with van der Waals surface area (Å²) in [5.41, 5.74) is 12.3. The Morgan fingerprint density at radius 1 is 1.08 bits per heavy atom. The van der Waals surface area contributed by atoms with Crippen LogP contribution in [-0.4, -0.2) is 61.0 Å². The van der Waals surface area contributed by atoms with Gasteiger partial charge in [-0.3, -0.25) is 4.79 Å². The number of halogens is 1. The van der Waals surface area contributed by atoms with E-state index in [0.717, 1.165) is 42.5 Å². The molecule has 0 bridgehead atoms. The van der Waals surface area contributed by atoms with Crippen molar-refractivity contribution in [2.75, 3.05) is 43.7 Å². The van der Waals surface area contributed by atoms with Gasteiger partial charge in [0.05, 0.1) is 25.4 Å². The molecule has 2 heterocycles. The van der Waals surface area contributed by atoms with Crippen molar-refractivity contribution in [2.24, 2.45) is 11.5 Å². The van der Waals surface area contributed by atoms with Gasteiger partial charge >= 0.3 is 0 Å². The van der Waals surface area contributed by atoms with Gasteiger partial charge in [-0.15, -0.1) is 0 Å². The summed E-state index contributed by atoms with van der Waals surface area (Å²) in [6.07, 6.45) is 5.40. The third-order valence-electron chi connectivity index (χ3n) is 6.42. The van der Waals surface area contributed by atoms with E-state index in [0.29, 0.717) is 44.6 Å². The van der Waals surface area contributed by atoms with Crippen LogP contribution in [0.4, 0.5) is 21.7 Å². The molecule has 0 radical (unpaired) electrons. The molecule has 0 aliphatic heterocycles. The van der Waals surface area contributed by atoms with Crippen LogP contribution in [0.2, 0.25) is 0 Å².